The highest BCUT2D eigenvalue weighted by Gasteiger charge is 2.44. The molecule has 7 rings (SSSR count). The molecule has 2 aromatic heterocycles. The summed E-state index contributed by atoms with van der Waals surface area (Å²) in [4.78, 5) is 99.0. The summed E-state index contributed by atoms with van der Waals surface area (Å²) >= 11 is 1.24. The molecule has 338 valence electrons. The molecule has 3 aliphatic rings. The zero-order chi connectivity index (χ0) is 45.4. The molecule has 0 saturated carbocycles. The summed E-state index contributed by atoms with van der Waals surface area (Å²) < 4.78 is 36.5. The first-order valence-electron chi connectivity index (χ1n) is 20.8. The highest BCUT2D eigenvalue weighted by Crippen LogP contribution is 2.30. The Balaban J connectivity index is 0.802. The minimum Gasteiger partial charge on any atom is -0.494 e. The molecule has 0 aliphatic carbocycles. The van der Waals surface area contributed by atoms with Gasteiger partial charge in [0.2, 0.25) is 33.7 Å². The third-order valence-corrected chi connectivity index (χ3v) is 12.7. The second-order valence-corrected chi connectivity index (χ2v) is 18.2. The quantitative estimate of drug-likeness (QED) is 0.0907. The average Bonchev–Trinajstić information content (AvgIpc) is 4.03. The molecule has 2 aromatic carbocycles. The molecule has 19 nitrogen and oxygen atoms in total. The van der Waals surface area contributed by atoms with Crippen molar-refractivity contribution in [3.05, 3.63) is 89.1 Å². The number of fused-ring (bicyclic) bond motifs is 1. The van der Waals surface area contributed by atoms with E-state index in [4.69, 9.17) is 9.47 Å². The number of carbonyl (C=O) groups is 7. The number of benzene rings is 2. The summed E-state index contributed by atoms with van der Waals surface area (Å²) in [6.07, 6.45) is 5.07. The fraction of sp³-hybridized carbons (Fsp3) is 0.395. The van der Waals surface area contributed by atoms with Gasteiger partial charge in [0.25, 0.3) is 17.7 Å². The van der Waals surface area contributed by atoms with Crippen molar-refractivity contribution >= 4 is 67.8 Å². The number of nitrogens with one attached hydrogen (secondary N) is 3. The summed E-state index contributed by atoms with van der Waals surface area (Å²) in [6, 6.07) is 13.4. The number of aromatic nitrogens is 2. The zero-order valence-corrected chi connectivity index (χ0v) is 36.7. The number of piperidine rings is 1. The monoisotopic (exact) mass is 916 g/mol. The lowest BCUT2D eigenvalue weighted by atomic mass is 10.0. The van der Waals surface area contributed by atoms with Gasteiger partial charge in [0.15, 0.2) is 5.13 Å². The molecule has 1 unspecified atom stereocenters. The Bertz CT molecular complexity index is 2520. The van der Waals surface area contributed by atoms with E-state index in [-0.39, 0.29) is 61.5 Å². The van der Waals surface area contributed by atoms with Crippen LogP contribution >= 0.6 is 11.3 Å². The van der Waals surface area contributed by atoms with Crippen molar-refractivity contribution in [2.75, 3.05) is 64.1 Å². The van der Waals surface area contributed by atoms with Crippen molar-refractivity contribution in [3.8, 4) is 17.0 Å². The molecule has 2 saturated heterocycles. The molecule has 0 bridgehead atoms. The molecule has 2 fully saturated rings. The molecule has 3 N–H and O–H groups in total. The molecule has 2 atom stereocenters. The van der Waals surface area contributed by atoms with Crippen LogP contribution in [0.2, 0.25) is 0 Å². The molecule has 64 heavy (non-hydrogen) atoms. The Morgan fingerprint density at radius 1 is 0.938 bits per heavy atom. The Kier molecular flexibility index (Phi) is 14.6. The van der Waals surface area contributed by atoms with E-state index in [0.29, 0.717) is 62.2 Å². The van der Waals surface area contributed by atoms with Crippen molar-refractivity contribution in [2.24, 2.45) is 0 Å². The van der Waals surface area contributed by atoms with E-state index >= 15 is 0 Å². The van der Waals surface area contributed by atoms with Gasteiger partial charge in [-0.05, 0) is 49.9 Å². The van der Waals surface area contributed by atoms with Crippen molar-refractivity contribution in [3.63, 3.8) is 0 Å². The van der Waals surface area contributed by atoms with Crippen LogP contribution in [0.5, 0.6) is 5.75 Å². The van der Waals surface area contributed by atoms with Crippen molar-refractivity contribution < 1.29 is 51.5 Å². The number of nitrogens with zero attached hydrogens (tertiary/aromatic N) is 5. The number of ether oxygens (including phenoxy) is 2. The first-order valence-corrected chi connectivity index (χ1v) is 23.6. The van der Waals surface area contributed by atoms with E-state index < -0.39 is 57.6 Å². The predicted molar refractivity (Wildman–Crippen MR) is 233 cm³/mol. The Labute approximate surface area is 373 Å². The fourth-order valence-electron chi connectivity index (χ4n) is 7.52. The Hall–Kier alpha value is -6.29. The maximum atomic E-state index is 13.4. The largest absolute Gasteiger partial charge is 0.494 e. The van der Waals surface area contributed by atoms with E-state index in [0.717, 1.165) is 27.2 Å². The highest BCUT2D eigenvalue weighted by molar-refractivity contribution is 7.89. The second kappa shape index (κ2) is 20.5. The maximum absolute atomic E-state index is 13.4. The lowest BCUT2D eigenvalue weighted by Gasteiger charge is -2.34. The predicted octanol–water partition coefficient (Wildman–Crippen LogP) is 2.36. The zero-order valence-electron chi connectivity index (χ0n) is 35.0. The van der Waals surface area contributed by atoms with E-state index in [2.05, 4.69) is 25.8 Å². The summed E-state index contributed by atoms with van der Waals surface area (Å²) in [5.41, 5.74) is 1.97. The number of thiazole rings is 1. The minimum atomic E-state index is -3.61. The van der Waals surface area contributed by atoms with Crippen LogP contribution in [-0.2, 0) is 33.9 Å². The van der Waals surface area contributed by atoms with Crippen LogP contribution in [0.15, 0.2) is 72.4 Å². The first kappa shape index (κ1) is 45.7. The summed E-state index contributed by atoms with van der Waals surface area (Å²) in [6.45, 7) is 3.96. The number of carbonyl (C=O) groups excluding carboxylic acids is 7. The number of imide groups is 2. The van der Waals surface area contributed by atoms with E-state index in [1.54, 1.807) is 6.07 Å². The second-order valence-electron chi connectivity index (χ2n) is 15.5. The Morgan fingerprint density at radius 2 is 1.70 bits per heavy atom. The van der Waals surface area contributed by atoms with Gasteiger partial charge in [-0.1, -0.05) is 30.3 Å². The molecular weight excluding hydrogens is 869 g/mol. The van der Waals surface area contributed by atoms with E-state index in [9.17, 15) is 42.0 Å². The first-order chi connectivity index (χ1) is 30.7. The molecule has 0 spiro atoms. The summed E-state index contributed by atoms with van der Waals surface area (Å²) in [7, 11) is -3.61. The van der Waals surface area contributed by atoms with Gasteiger partial charge in [-0.15, -0.1) is 11.3 Å². The van der Waals surface area contributed by atoms with E-state index in [1.165, 1.54) is 41.9 Å². The van der Waals surface area contributed by atoms with Crippen molar-refractivity contribution in [1.29, 1.82) is 0 Å². The molecule has 5 heterocycles. The lowest BCUT2D eigenvalue weighted by molar-refractivity contribution is -0.136. The van der Waals surface area contributed by atoms with Gasteiger partial charge in [0.1, 0.15) is 17.8 Å². The normalized spacial score (nSPS) is 17.2. The van der Waals surface area contributed by atoms with Gasteiger partial charge in [-0.25, -0.2) is 13.4 Å². The topological polar surface area (TPSA) is 236 Å². The van der Waals surface area contributed by atoms with Gasteiger partial charge in [0.05, 0.1) is 35.2 Å². The minimum absolute atomic E-state index is 0.0104. The van der Waals surface area contributed by atoms with Gasteiger partial charge in [0, 0.05) is 82.1 Å². The van der Waals surface area contributed by atoms with Crippen LogP contribution in [0.4, 0.5) is 5.13 Å². The summed E-state index contributed by atoms with van der Waals surface area (Å²) in [5, 5.41) is 9.79. The lowest BCUT2D eigenvalue weighted by Crippen LogP contribution is -2.54. The fourth-order valence-corrected chi connectivity index (χ4v) is 8.83. The number of rotatable bonds is 19. The number of hydrogen-bond acceptors (Lipinski definition) is 14. The van der Waals surface area contributed by atoms with Crippen LogP contribution in [-0.4, -0.2) is 144 Å². The van der Waals surface area contributed by atoms with Gasteiger partial charge >= 0.3 is 0 Å². The molecule has 21 heteroatoms. The Morgan fingerprint density at radius 3 is 2.44 bits per heavy atom. The number of amides is 7. The van der Waals surface area contributed by atoms with Gasteiger partial charge in [-0.3, -0.25) is 52.7 Å². The van der Waals surface area contributed by atoms with Crippen LogP contribution < -0.4 is 20.7 Å². The van der Waals surface area contributed by atoms with Crippen molar-refractivity contribution in [2.45, 2.75) is 50.6 Å². The molecular formula is C43H48N8O11S2. The standard InChI is InChI=1S/C43H48N8O11S2/c1-64(59,60)50-17-14-29(26-50)38(54)44-33(39(55)47-43-45-34(27-63-43)28-7-3-2-4-8-28)15-24-61-22-5-9-37(53)49-20-18-48(19-21-49)16-6-23-62-30-10-11-31-32(25-30)42(58)51(41(31)57)35-12-13-36(52)46-40(35)56/h2-4,7-8,10-11,14,17,25-27,33,35H,5-6,9,12-13,15-16,18-24H2,1H3,(H,44,54)(H,45,47,55)(H,46,52,56)/t33-,35?/m0/s1. The average molecular weight is 917 g/mol. The number of anilines is 1. The van der Waals surface area contributed by atoms with E-state index in [1.807, 2.05) is 40.6 Å². The smallest absolute Gasteiger partial charge is 0.262 e. The third-order valence-electron chi connectivity index (χ3n) is 11.0. The van der Waals surface area contributed by atoms with Gasteiger partial charge < -0.3 is 25.0 Å². The maximum Gasteiger partial charge on any atom is 0.262 e. The van der Waals surface area contributed by atoms with Crippen LogP contribution in [0, 0.1) is 0 Å². The molecule has 0 radical (unpaired) electrons. The van der Waals surface area contributed by atoms with Crippen LogP contribution in [0.25, 0.3) is 11.3 Å². The molecule has 7 amide bonds. The number of piperazine rings is 1. The van der Waals surface area contributed by atoms with Crippen LogP contribution in [0.1, 0.15) is 69.6 Å². The van der Waals surface area contributed by atoms with Crippen LogP contribution in [0.3, 0.4) is 0 Å². The van der Waals surface area contributed by atoms with Crippen molar-refractivity contribution in [1.82, 2.24) is 34.3 Å². The molecule has 3 aliphatic heterocycles. The third kappa shape index (κ3) is 11.3. The van der Waals surface area contributed by atoms with Gasteiger partial charge in [-0.2, -0.15) is 0 Å². The summed E-state index contributed by atoms with van der Waals surface area (Å²) in [5.74, 6) is -3.00. The number of hydrogen-bond donors (Lipinski definition) is 3. The highest BCUT2D eigenvalue weighted by atomic mass is 32.2. The molecule has 4 aromatic rings. The SMILES string of the molecule is CS(=O)(=O)n1ccc(C(=O)N[C@@H](CCOCCCC(=O)N2CCN(CCCOc3ccc4c(c3)C(=O)N(C3CCC(=O)NC3=O)C4=O)CC2)C(=O)Nc2nc(-c3ccccc3)cs2)c1.